The van der Waals surface area contributed by atoms with Gasteiger partial charge in [-0.3, -0.25) is 0 Å². The van der Waals surface area contributed by atoms with E-state index in [1.54, 1.807) is 25.1 Å². The Hall–Kier alpha value is -1.96. The van der Waals surface area contributed by atoms with Gasteiger partial charge in [0.15, 0.2) is 0 Å². The quantitative estimate of drug-likeness (QED) is 0.409. The largest absolute Gasteiger partial charge is 0.279 e. The lowest BCUT2D eigenvalue weighted by molar-refractivity contribution is 0.371. The number of benzene rings is 3. The lowest BCUT2D eigenvalue weighted by Crippen LogP contribution is -2.28. The summed E-state index contributed by atoms with van der Waals surface area (Å²) in [4.78, 5) is 0.277. The van der Waals surface area contributed by atoms with Crippen molar-refractivity contribution in [3.8, 4) is 0 Å². The van der Waals surface area contributed by atoms with E-state index in [-0.39, 0.29) is 4.90 Å². The number of hydrazone groups is 1. The monoisotopic (exact) mass is 532 g/mol. The van der Waals surface area contributed by atoms with E-state index in [0.717, 1.165) is 25.8 Å². The van der Waals surface area contributed by atoms with Crippen molar-refractivity contribution in [2.24, 2.45) is 5.10 Å². The molecule has 29 heavy (non-hydrogen) atoms. The summed E-state index contributed by atoms with van der Waals surface area (Å²) >= 11 is 6.98. The molecule has 0 aliphatic carbocycles. The van der Waals surface area contributed by atoms with Crippen LogP contribution in [0.5, 0.6) is 0 Å². The van der Waals surface area contributed by atoms with Crippen molar-refractivity contribution < 1.29 is 8.42 Å². The fourth-order valence-corrected chi connectivity index (χ4v) is 5.94. The van der Waals surface area contributed by atoms with Crippen LogP contribution in [0.1, 0.15) is 29.2 Å². The van der Waals surface area contributed by atoms with Crippen LogP contribution in [-0.4, -0.2) is 18.5 Å². The van der Waals surface area contributed by atoms with Crippen LogP contribution in [0.3, 0.4) is 0 Å². The number of rotatable bonds is 4. The zero-order valence-electron chi connectivity index (χ0n) is 15.6. The molecule has 0 saturated heterocycles. The summed E-state index contributed by atoms with van der Waals surface area (Å²) in [5.74, 6) is 0. The minimum Gasteiger partial charge on any atom is -0.200 e. The minimum atomic E-state index is -3.81. The summed E-state index contributed by atoms with van der Waals surface area (Å²) in [5, 5.41) is 4.60. The molecule has 0 radical (unpaired) electrons. The summed E-state index contributed by atoms with van der Waals surface area (Å²) in [5.41, 5.74) is 3.24. The maximum absolute atomic E-state index is 13.6. The molecule has 0 spiro atoms. The van der Waals surface area contributed by atoms with Crippen molar-refractivity contribution in [3.63, 3.8) is 0 Å². The van der Waals surface area contributed by atoms with Gasteiger partial charge in [-0.05, 0) is 53.9 Å². The molecule has 4 nitrogen and oxygen atoms in total. The van der Waals surface area contributed by atoms with Crippen molar-refractivity contribution in [2.75, 3.05) is 0 Å². The predicted molar refractivity (Wildman–Crippen MR) is 122 cm³/mol. The summed E-state index contributed by atoms with van der Waals surface area (Å²) in [6.45, 7) is 1.80. The van der Waals surface area contributed by atoms with E-state index in [1.807, 2.05) is 54.6 Å². The van der Waals surface area contributed by atoms with Crippen LogP contribution in [-0.2, 0) is 10.0 Å². The highest BCUT2D eigenvalue weighted by molar-refractivity contribution is 9.10. The molecule has 0 N–H and O–H groups in total. The van der Waals surface area contributed by atoms with Gasteiger partial charge in [0.25, 0.3) is 10.0 Å². The molecule has 7 heteroatoms. The number of aryl methyl sites for hydroxylation is 1. The molecule has 1 aliphatic rings. The van der Waals surface area contributed by atoms with Gasteiger partial charge in [-0.25, -0.2) is 0 Å². The van der Waals surface area contributed by atoms with Crippen molar-refractivity contribution in [1.29, 1.82) is 0 Å². The van der Waals surface area contributed by atoms with Gasteiger partial charge >= 0.3 is 0 Å². The molecule has 0 fully saturated rings. The Morgan fingerprint density at radius 3 is 2.31 bits per heavy atom. The minimum absolute atomic E-state index is 0.277. The molecule has 0 aromatic heterocycles. The Morgan fingerprint density at radius 1 is 0.931 bits per heavy atom. The third-order valence-corrected chi connectivity index (χ3v) is 7.71. The van der Waals surface area contributed by atoms with Gasteiger partial charge in [-0.1, -0.05) is 74.3 Å². The molecule has 0 saturated carbocycles. The standard InChI is InChI=1S/C22H18Br2N2O2S/c1-15-6-2-3-11-22(15)29(27,28)26-21(17-8-5-10-19(24)13-17)14-20(25-26)16-7-4-9-18(23)12-16/h2-13,21H,14H2,1H3. The van der Waals surface area contributed by atoms with E-state index in [0.29, 0.717) is 12.0 Å². The molecule has 148 valence electrons. The van der Waals surface area contributed by atoms with Crippen LogP contribution in [0, 0.1) is 6.92 Å². The van der Waals surface area contributed by atoms with Crippen molar-refractivity contribution >= 4 is 47.6 Å². The summed E-state index contributed by atoms with van der Waals surface area (Å²) in [6.07, 6.45) is 0.498. The smallest absolute Gasteiger partial charge is 0.200 e. The van der Waals surface area contributed by atoms with Crippen molar-refractivity contribution in [1.82, 2.24) is 4.41 Å². The molecule has 3 aromatic carbocycles. The second-order valence-corrected chi connectivity index (χ2v) is 10.5. The van der Waals surface area contributed by atoms with E-state index in [9.17, 15) is 8.42 Å². The summed E-state index contributed by atoms with van der Waals surface area (Å²) in [7, 11) is -3.81. The SMILES string of the molecule is Cc1ccccc1S(=O)(=O)N1N=C(c2cccc(Br)c2)CC1c1cccc(Br)c1. The van der Waals surface area contributed by atoms with E-state index in [2.05, 4.69) is 37.0 Å². The summed E-state index contributed by atoms with van der Waals surface area (Å²) < 4.78 is 30.2. The van der Waals surface area contributed by atoms with E-state index >= 15 is 0 Å². The summed E-state index contributed by atoms with van der Waals surface area (Å²) in [6, 6.07) is 22.1. The molecule has 4 rings (SSSR count). The average Bonchev–Trinajstić information content (AvgIpc) is 3.15. The van der Waals surface area contributed by atoms with Gasteiger partial charge in [0.2, 0.25) is 0 Å². The molecule has 3 aromatic rings. The molecule has 1 aliphatic heterocycles. The van der Waals surface area contributed by atoms with Crippen LogP contribution in [0.2, 0.25) is 0 Å². The molecule has 1 heterocycles. The normalized spacial score (nSPS) is 16.7. The average molecular weight is 534 g/mol. The van der Waals surface area contributed by atoms with Crippen molar-refractivity contribution in [2.45, 2.75) is 24.3 Å². The van der Waals surface area contributed by atoms with Crippen LogP contribution in [0.4, 0.5) is 0 Å². The first kappa shape index (κ1) is 20.3. The Bertz CT molecular complexity index is 1210. The molecular formula is C22H18Br2N2O2S. The third kappa shape index (κ3) is 4.04. The van der Waals surface area contributed by atoms with Gasteiger partial charge in [-0.15, -0.1) is 0 Å². The second-order valence-electron chi connectivity index (χ2n) is 6.88. The molecule has 1 unspecified atom stereocenters. The molecule has 1 atom stereocenters. The van der Waals surface area contributed by atoms with Crippen molar-refractivity contribution in [3.05, 3.63) is 98.4 Å². The Balaban J connectivity index is 1.84. The lowest BCUT2D eigenvalue weighted by Gasteiger charge is -2.24. The van der Waals surface area contributed by atoms with Crippen LogP contribution in [0.15, 0.2) is 91.7 Å². The first-order valence-corrected chi connectivity index (χ1v) is 12.1. The zero-order valence-corrected chi connectivity index (χ0v) is 19.6. The van der Waals surface area contributed by atoms with Crippen LogP contribution >= 0.6 is 31.9 Å². The van der Waals surface area contributed by atoms with Crippen LogP contribution < -0.4 is 0 Å². The van der Waals surface area contributed by atoms with Gasteiger partial charge in [-0.2, -0.15) is 17.9 Å². The van der Waals surface area contributed by atoms with Crippen LogP contribution in [0.25, 0.3) is 0 Å². The zero-order chi connectivity index (χ0) is 20.6. The van der Waals surface area contributed by atoms with Gasteiger partial charge in [0.05, 0.1) is 16.6 Å². The number of hydrogen-bond donors (Lipinski definition) is 0. The predicted octanol–water partition coefficient (Wildman–Crippen LogP) is 6.06. The van der Waals surface area contributed by atoms with E-state index in [1.165, 1.54) is 4.41 Å². The Kier molecular flexibility index (Phi) is 5.64. The second kappa shape index (κ2) is 8.05. The molecule has 0 amide bonds. The molecular weight excluding hydrogens is 516 g/mol. The Labute approximate surface area is 187 Å². The molecule has 0 bridgehead atoms. The number of nitrogens with zero attached hydrogens (tertiary/aromatic N) is 2. The first-order chi connectivity index (χ1) is 13.9. The number of halogens is 2. The maximum Gasteiger partial charge on any atom is 0.279 e. The van der Waals surface area contributed by atoms with Gasteiger partial charge < -0.3 is 0 Å². The highest BCUT2D eigenvalue weighted by Crippen LogP contribution is 2.38. The number of hydrogen-bond acceptors (Lipinski definition) is 3. The highest BCUT2D eigenvalue weighted by Gasteiger charge is 2.38. The fourth-order valence-electron chi connectivity index (χ4n) is 3.46. The van der Waals surface area contributed by atoms with Gasteiger partial charge in [0.1, 0.15) is 0 Å². The van der Waals surface area contributed by atoms with E-state index < -0.39 is 16.1 Å². The topological polar surface area (TPSA) is 49.7 Å². The lowest BCUT2D eigenvalue weighted by atomic mass is 9.99. The fraction of sp³-hybridized carbons (Fsp3) is 0.136. The first-order valence-electron chi connectivity index (χ1n) is 9.05. The maximum atomic E-state index is 13.6. The van der Waals surface area contributed by atoms with Gasteiger partial charge in [0, 0.05) is 15.4 Å². The number of sulfonamides is 1. The highest BCUT2D eigenvalue weighted by atomic mass is 79.9. The van der Waals surface area contributed by atoms with E-state index in [4.69, 9.17) is 0 Å². The third-order valence-electron chi connectivity index (χ3n) is 4.88. The Morgan fingerprint density at radius 2 is 1.62 bits per heavy atom.